The molecule has 0 aromatic heterocycles. The fourth-order valence-corrected chi connectivity index (χ4v) is 1.61. The minimum absolute atomic E-state index is 0.0632. The second-order valence-corrected chi connectivity index (χ2v) is 6.20. The van der Waals surface area contributed by atoms with Crippen LogP contribution in [0.2, 0.25) is 0 Å². The van der Waals surface area contributed by atoms with Crippen LogP contribution in [0.25, 0.3) is 0 Å². The number of amides is 1. The highest BCUT2D eigenvalue weighted by atomic mass is 16.4. The fourth-order valence-electron chi connectivity index (χ4n) is 1.61. The van der Waals surface area contributed by atoms with Gasteiger partial charge in [0.05, 0.1) is 11.5 Å². The second kappa shape index (κ2) is 4.88. The Balaban J connectivity index is 2.63. The van der Waals surface area contributed by atoms with E-state index < -0.39 is 23.0 Å². The van der Waals surface area contributed by atoms with Gasteiger partial charge in [0.15, 0.2) is 0 Å². The minimum Gasteiger partial charge on any atom is -0.481 e. The van der Waals surface area contributed by atoms with E-state index in [1.165, 1.54) is 0 Å². The highest BCUT2D eigenvalue weighted by molar-refractivity contribution is 5.82. The summed E-state index contributed by atoms with van der Waals surface area (Å²) in [6, 6.07) is -0.0865. The second-order valence-electron chi connectivity index (χ2n) is 6.20. The lowest BCUT2D eigenvalue weighted by Crippen LogP contribution is -2.60. The predicted octanol–water partition coefficient (Wildman–Crippen LogP) is 1.13. The molecule has 1 atom stereocenters. The van der Waals surface area contributed by atoms with Gasteiger partial charge in [-0.25, -0.2) is 0 Å². The Bertz CT molecular complexity index is 346. The summed E-state index contributed by atoms with van der Waals surface area (Å²) in [5, 5.41) is 15.3. The summed E-state index contributed by atoms with van der Waals surface area (Å²) in [5.74, 6) is -0.943. The Hall–Kier alpha value is -1.10. The highest BCUT2D eigenvalue weighted by Crippen LogP contribution is 2.31. The summed E-state index contributed by atoms with van der Waals surface area (Å²) in [6.45, 7) is 8.70. The van der Waals surface area contributed by atoms with Crippen LogP contribution in [0.3, 0.4) is 0 Å². The molecule has 5 nitrogen and oxygen atoms in total. The van der Waals surface area contributed by atoms with Crippen LogP contribution < -0.4 is 10.6 Å². The fraction of sp³-hybridized carbons (Fsp3) is 0.846. The summed E-state index contributed by atoms with van der Waals surface area (Å²) in [5.41, 5.74) is -1.64. The lowest BCUT2D eigenvalue weighted by Gasteiger charge is -2.40. The van der Waals surface area contributed by atoms with Crippen molar-refractivity contribution in [2.24, 2.45) is 5.41 Å². The molecule has 1 rings (SSSR count). The lowest BCUT2D eigenvalue weighted by molar-refractivity contribution is -0.151. The average Bonchev–Trinajstić information content (AvgIpc) is 3.00. The molecule has 104 valence electrons. The zero-order valence-electron chi connectivity index (χ0n) is 11.8. The van der Waals surface area contributed by atoms with Gasteiger partial charge in [-0.05, 0) is 47.5 Å². The van der Waals surface area contributed by atoms with Gasteiger partial charge in [0.1, 0.15) is 0 Å². The summed E-state index contributed by atoms with van der Waals surface area (Å²) < 4.78 is 0. The summed E-state index contributed by atoms with van der Waals surface area (Å²) in [6.07, 6.45) is 2.09. The van der Waals surface area contributed by atoms with E-state index >= 15 is 0 Å². The molecule has 0 aromatic rings. The van der Waals surface area contributed by atoms with Gasteiger partial charge in [0.2, 0.25) is 5.91 Å². The van der Waals surface area contributed by atoms with E-state index in [0.29, 0.717) is 6.04 Å². The Morgan fingerprint density at radius 1 is 1.22 bits per heavy atom. The third kappa shape index (κ3) is 3.22. The van der Waals surface area contributed by atoms with Crippen molar-refractivity contribution in [1.29, 1.82) is 0 Å². The molecular weight excluding hydrogens is 232 g/mol. The van der Waals surface area contributed by atoms with Crippen LogP contribution in [-0.4, -0.2) is 34.6 Å². The molecular formula is C13H24N2O3. The van der Waals surface area contributed by atoms with Crippen molar-refractivity contribution >= 4 is 11.9 Å². The van der Waals surface area contributed by atoms with Gasteiger partial charge >= 0.3 is 5.97 Å². The standard InChI is InChI=1S/C13H24N2O3/c1-8(10(16)14-9-6-7-9)15-13(4,5)12(2,3)11(17)18/h8-9,15H,6-7H2,1-5H3,(H,14,16)(H,17,18). The van der Waals surface area contributed by atoms with Gasteiger partial charge in [-0.15, -0.1) is 0 Å². The van der Waals surface area contributed by atoms with Crippen LogP contribution in [0, 0.1) is 5.41 Å². The molecule has 0 aromatic carbocycles. The molecule has 1 fully saturated rings. The molecule has 0 heterocycles. The van der Waals surface area contributed by atoms with Crippen molar-refractivity contribution < 1.29 is 14.7 Å². The minimum atomic E-state index is -0.957. The Morgan fingerprint density at radius 3 is 2.11 bits per heavy atom. The number of rotatable bonds is 6. The van der Waals surface area contributed by atoms with Crippen LogP contribution in [0.4, 0.5) is 0 Å². The number of carboxylic acids is 1. The Morgan fingerprint density at radius 2 is 1.72 bits per heavy atom. The van der Waals surface area contributed by atoms with Crippen molar-refractivity contribution in [3.05, 3.63) is 0 Å². The first-order valence-corrected chi connectivity index (χ1v) is 6.39. The van der Waals surface area contributed by atoms with Gasteiger partial charge in [-0.2, -0.15) is 0 Å². The molecule has 0 aliphatic heterocycles. The maximum atomic E-state index is 11.8. The van der Waals surface area contributed by atoms with E-state index in [4.69, 9.17) is 0 Å². The Kier molecular flexibility index (Phi) is 4.05. The zero-order chi connectivity index (χ0) is 14.1. The van der Waals surface area contributed by atoms with E-state index in [1.807, 2.05) is 13.8 Å². The molecule has 0 bridgehead atoms. The molecule has 0 spiro atoms. The number of carbonyl (C=O) groups excluding carboxylic acids is 1. The predicted molar refractivity (Wildman–Crippen MR) is 69.3 cm³/mol. The van der Waals surface area contributed by atoms with Crippen molar-refractivity contribution in [2.45, 2.75) is 65.1 Å². The largest absolute Gasteiger partial charge is 0.481 e. The van der Waals surface area contributed by atoms with Crippen LogP contribution in [0.5, 0.6) is 0 Å². The summed E-state index contributed by atoms with van der Waals surface area (Å²) >= 11 is 0. The van der Waals surface area contributed by atoms with Gasteiger partial charge in [-0.3, -0.25) is 14.9 Å². The van der Waals surface area contributed by atoms with Crippen LogP contribution in [0.1, 0.15) is 47.5 Å². The normalized spacial score (nSPS) is 18.3. The molecule has 0 saturated heterocycles. The average molecular weight is 256 g/mol. The lowest BCUT2D eigenvalue weighted by atomic mass is 9.74. The third-order valence-corrected chi connectivity index (χ3v) is 3.99. The third-order valence-electron chi connectivity index (χ3n) is 3.99. The first kappa shape index (κ1) is 15.0. The summed E-state index contributed by atoms with van der Waals surface area (Å²) in [7, 11) is 0. The SMILES string of the molecule is CC(NC(C)(C)C(C)(C)C(=O)O)C(=O)NC1CC1. The first-order chi connectivity index (χ1) is 8.08. The van der Waals surface area contributed by atoms with Crippen molar-refractivity contribution in [3.8, 4) is 0 Å². The molecule has 1 unspecified atom stereocenters. The van der Waals surface area contributed by atoms with Gasteiger partial charge in [0, 0.05) is 11.6 Å². The summed E-state index contributed by atoms with van der Waals surface area (Å²) in [4.78, 5) is 23.1. The van der Waals surface area contributed by atoms with E-state index in [0.717, 1.165) is 12.8 Å². The number of aliphatic carboxylic acids is 1. The smallest absolute Gasteiger partial charge is 0.310 e. The van der Waals surface area contributed by atoms with Gasteiger partial charge in [0.25, 0.3) is 0 Å². The number of carboxylic acid groups (broad SMARTS) is 1. The van der Waals surface area contributed by atoms with E-state index in [2.05, 4.69) is 10.6 Å². The van der Waals surface area contributed by atoms with Crippen molar-refractivity contribution in [2.75, 3.05) is 0 Å². The van der Waals surface area contributed by atoms with Crippen LogP contribution >= 0.6 is 0 Å². The number of hydrogen-bond donors (Lipinski definition) is 3. The number of nitrogens with one attached hydrogen (secondary N) is 2. The van der Waals surface area contributed by atoms with Crippen molar-refractivity contribution in [3.63, 3.8) is 0 Å². The highest BCUT2D eigenvalue weighted by Gasteiger charge is 2.44. The molecule has 3 N–H and O–H groups in total. The Labute approximate surface area is 108 Å². The maximum absolute atomic E-state index is 11.8. The first-order valence-electron chi connectivity index (χ1n) is 6.39. The van der Waals surface area contributed by atoms with E-state index in [-0.39, 0.29) is 5.91 Å². The molecule has 1 amide bonds. The quantitative estimate of drug-likeness (QED) is 0.665. The topological polar surface area (TPSA) is 78.4 Å². The van der Waals surface area contributed by atoms with Gasteiger partial charge < -0.3 is 10.4 Å². The van der Waals surface area contributed by atoms with E-state index in [1.54, 1.807) is 20.8 Å². The number of hydrogen-bond acceptors (Lipinski definition) is 3. The molecule has 18 heavy (non-hydrogen) atoms. The number of carbonyl (C=O) groups is 2. The van der Waals surface area contributed by atoms with Crippen LogP contribution in [0.15, 0.2) is 0 Å². The van der Waals surface area contributed by atoms with Gasteiger partial charge in [-0.1, -0.05) is 0 Å². The van der Waals surface area contributed by atoms with Crippen LogP contribution in [-0.2, 0) is 9.59 Å². The van der Waals surface area contributed by atoms with Crippen molar-refractivity contribution in [1.82, 2.24) is 10.6 Å². The molecule has 1 saturated carbocycles. The maximum Gasteiger partial charge on any atom is 0.310 e. The molecule has 5 heteroatoms. The molecule has 0 radical (unpaired) electrons. The molecule has 1 aliphatic rings. The monoisotopic (exact) mass is 256 g/mol. The van der Waals surface area contributed by atoms with E-state index in [9.17, 15) is 14.7 Å². The molecule has 1 aliphatic carbocycles. The zero-order valence-corrected chi connectivity index (χ0v) is 11.8.